The van der Waals surface area contributed by atoms with E-state index in [4.69, 9.17) is 9.57 Å². The highest BCUT2D eigenvalue weighted by Crippen LogP contribution is 2.70. The van der Waals surface area contributed by atoms with Gasteiger partial charge in [0.15, 0.2) is 6.10 Å². The molecule has 3 aliphatic carbocycles. The van der Waals surface area contributed by atoms with Crippen LogP contribution in [0.2, 0.25) is 0 Å². The maximum Gasteiger partial charge on any atom is 0.290 e. The van der Waals surface area contributed by atoms with E-state index < -0.39 is 11.8 Å². The molecule has 6 nitrogen and oxygen atoms in total. The lowest BCUT2D eigenvalue weighted by atomic mass is 9.70. The zero-order valence-electron chi connectivity index (χ0n) is 14.2. The third kappa shape index (κ3) is 1.36. The smallest absolute Gasteiger partial charge is 0.290 e. The van der Waals surface area contributed by atoms with E-state index in [9.17, 15) is 10.1 Å². The van der Waals surface area contributed by atoms with Crippen molar-refractivity contribution in [3.05, 3.63) is 10.1 Å². The molecule has 5 aliphatic rings. The second kappa shape index (κ2) is 4.09. The standard InChI is InChI=1S/C17H26N2O4/c1-15(2)10-7-9-16(15,3)13-12(10)18-14(22-13)17(19(20)21)8-5-4-6-11(17)23-18/h10-14H,4-9H2,1-3H3/t10-,11+,12-,13-,14+,16+,17+/m1/s1. The van der Waals surface area contributed by atoms with Crippen molar-refractivity contribution in [1.29, 1.82) is 0 Å². The molecule has 0 radical (unpaired) electrons. The number of hydroxylamine groups is 2. The van der Waals surface area contributed by atoms with Gasteiger partial charge in [-0.15, -0.1) is 5.06 Å². The summed E-state index contributed by atoms with van der Waals surface area (Å²) in [6.07, 6.45) is 4.87. The van der Waals surface area contributed by atoms with Gasteiger partial charge in [-0.05, 0) is 37.0 Å². The van der Waals surface area contributed by atoms with Crippen LogP contribution < -0.4 is 0 Å². The minimum absolute atomic E-state index is 0.0703. The number of hydrogen-bond donors (Lipinski definition) is 0. The Hall–Kier alpha value is -0.720. The maximum absolute atomic E-state index is 12.0. The van der Waals surface area contributed by atoms with Gasteiger partial charge in [0.2, 0.25) is 6.23 Å². The third-order valence-corrected chi connectivity index (χ3v) is 8.39. The summed E-state index contributed by atoms with van der Waals surface area (Å²) in [6, 6.07) is 0.191. The monoisotopic (exact) mass is 322 g/mol. The summed E-state index contributed by atoms with van der Waals surface area (Å²) >= 11 is 0. The lowest BCUT2D eigenvalue weighted by Crippen LogP contribution is -2.57. The molecule has 0 aromatic rings. The molecule has 2 aliphatic heterocycles. The Morgan fingerprint density at radius 3 is 2.70 bits per heavy atom. The first kappa shape index (κ1) is 14.6. The van der Waals surface area contributed by atoms with Gasteiger partial charge in [-0.3, -0.25) is 15.0 Å². The Morgan fingerprint density at radius 1 is 1.17 bits per heavy atom. The van der Waals surface area contributed by atoms with Gasteiger partial charge in [-0.1, -0.05) is 27.2 Å². The topological polar surface area (TPSA) is 64.8 Å². The van der Waals surface area contributed by atoms with E-state index in [2.05, 4.69) is 20.8 Å². The van der Waals surface area contributed by atoms with Crippen LogP contribution in [0, 0.1) is 26.9 Å². The summed E-state index contributed by atoms with van der Waals surface area (Å²) < 4.78 is 6.48. The average Bonchev–Trinajstić information content (AvgIpc) is 3.13. The van der Waals surface area contributed by atoms with Gasteiger partial charge in [0, 0.05) is 16.8 Å². The third-order valence-electron chi connectivity index (χ3n) is 8.39. The number of ether oxygens (including phenoxy) is 1. The fourth-order valence-electron chi connectivity index (χ4n) is 6.64. The first-order valence-electron chi connectivity index (χ1n) is 9.09. The second-order valence-electron chi connectivity index (χ2n) is 9.13. The highest BCUT2D eigenvalue weighted by molar-refractivity contribution is 5.22. The van der Waals surface area contributed by atoms with Crippen LogP contribution in [-0.4, -0.2) is 40.0 Å². The molecule has 0 aromatic heterocycles. The van der Waals surface area contributed by atoms with Crippen LogP contribution >= 0.6 is 0 Å². The fourth-order valence-corrected chi connectivity index (χ4v) is 6.64. The summed E-state index contributed by atoms with van der Waals surface area (Å²) in [4.78, 5) is 18.2. The molecule has 3 saturated carbocycles. The van der Waals surface area contributed by atoms with Crippen LogP contribution in [0.5, 0.6) is 0 Å². The zero-order chi connectivity index (χ0) is 16.2. The number of fused-ring (bicyclic) bond motifs is 9. The average molecular weight is 322 g/mol. The van der Waals surface area contributed by atoms with E-state index in [1.54, 1.807) is 0 Å². The lowest BCUT2D eigenvalue weighted by molar-refractivity contribution is -0.591. The molecule has 0 N–H and O–H groups in total. The molecule has 2 saturated heterocycles. The van der Waals surface area contributed by atoms with E-state index in [1.165, 1.54) is 6.42 Å². The molecule has 5 rings (SSSR count). The van der Waals surface area contributed by atoms with Gasteiger partial charge in [0.05, 0.1) is 12.1 Å². The Morgan fingerprint density at radius 2 is 1.96 bits per heavy atom. The van der Waals surface area contributed by atoms with Crippen LogP contribution in [0.15, 0.2) is 0 Å². The molecule has 0 unspecified atom stereocenters. The molecule has 2 heterocycles. The molecule has 0 aromatic carbocycles. The summed E-state index contributed by atoms with van der Waals surface area (Å²) in [5.74, 6) is 0.506. The minimum Gasteiger partial charge on any atom is -0.348 e. The summed E-state index contributed by atoms with van der Waals surface area (Å²) in [5, 5.41) is 14.0. The predicted molar refractivity (Wildman–Crippen MR) is 82.0 cm³/mol. The fraction of sp³-hybridized carbons (Fsp3) is 1.00. The zero-order valence-corrected chi connectivity index (χ0v) is 14.2. The largest absolute Gasteiger partial charge is 0.348 e. The Kier molecular flexibility index (Phi) is 2.60. The molecule has 5 fully saturated rings. The second-order valence-corrected chi connectivity index (χ2v) is 9.13. The quantitative estimate of drug-likeness (QED) is 0.548. The molecule has 0 spiro atoms. The highest BCUT2D eigenvalue weighted by Gasteiger charge is 2.79. The van der Waals surface area contributed by atoms with Gasteiger partial charge in [-0.25, -0.2) is 0 Å². The summed E-state index contributed by atoms with van der Waals surface area (Å²) in [5.41, 5.74) is -0.757. The van der Waals surface area contributed by atoms with Crippen molar-refractivity contribution in [2.75, 3.05) is 0 Å². The van der Waals surface area contributed by atoms with Crippen LogP contribution in [0.1, 0.15) is 59.3 Å². The van der Waals surface area contributed by atoms with Crippen LogP contribution in [-0.2, 0) is 9.57 Å². The van der Waals surface area contributed by atoms with Crippen molar-refractivity contribution in [3.8, 4) is 0 Å². The predicted octanol–water partition coefficient (Wildman–Crippen LogP) is 2.74. The van der Waals surface area contributed by atoms with Crippen molar-refractivity contribution in [1.82, 2.24) is 5.06 Å². The normalized spacial score (nSPS) is 56.4. The van der Waals surface area contributed by atoms with Gasteiger partial charge in [0.25, 0.3) is 5.54 Å². The molecule has 128 valence electrons. The molecular formula is C17H26N2O4. The van der Waals surface area contributed by atoms with Crippen LogP contribution in [0.3, 0.4) is 0 Å². The number of rotatable bonds is 1. The van der Waals surface area contributed by atoms with E-state index in [0.717, 1.165) is 25.7 Å². The molecule has 0 amide bonds. The Bertz CT molecular complexity index is 581. The van der Waals surface area contributed by atoms with Gasteiger partial charge < -0.3 is 4.74 Å². The maximum atomic E-state index is 12.0. The van der Waals surface area contributed by atoms with Crippen molar-refractivity contribution in [2.24, 2.45) is 16.7 Å². The molecular weight excluding hydrogens is 296 g/mol. The SMILES string of the molecule is CC1(C)[C@@H]2CC[C@@]1(C)[C@@H]1O[C@@H]3N(O[C@H]4CCCC[C@]43[N+](=O)[O-])[C@H]21. The first-order valence-corrected chi connectivity index (χ1v) is 9.09. The lowest BCUT2D eigenvalue weighted by Gasteiger charge is -2.39. The van der Waals surface area contributed by atoms with Gasteiger partial charge >= 0.3 is 0 Å². The molecule has 7 atom stereocenters. The van der Waals surface area contributed by atoms with Crippen molar-refractivity contribution in [2.45, 2.75) is 89.3 Å². The van der Waals surface area contributed by atoms with E-state index in [-0.39, 0.29) is 34.0 Å². The Labute approximate surface area is 136 Å². The van der Waals surface area contributed by atoms with Gasteiger partial charge in [0.1, 0.15) is 0 Å². The number of nitro groups is 1. The summed E-state index contributed by atoms with van der Waals surface area (Å²) in [6.45, 7) is 7.00. The highest BCUT2D eigenvalue weighted by atomic mass is 16.8. The van der Waals surface area contributed by atoms with Crippen LogP contribution in [0.25, 0.3) is 0 Å². The van der Waals surface area contributed by atoms with Crippen LogP contribution in [0.4, 0.5) is 0 Å². The van der Waals surface area contributed by atoms with Crippen molar-refractivity contribution >= 4 is 0 Å². The molecule has 23 heavy (non-hydrogen) atoms. The van der Waals surface area contributed by atoms with Crippen molar-refractivity contribution in [3.63, 3.8) is 0 Å². The minimum atomic E-state index is -1.05. The van der Waals surface area contributed by atoms with E-state index >= 15 is 0 Å². The first-order chi connectivity index (χ1) is 10.8. The van der Waals surface area contributed by atoms with Crippen molar-refractivity contribution < 1.29 is 14.5 Å². The van der Waals surface area contributed by atoms with E-state index in [1.807, 2.05) is 5.06 Å². The molecule has 6 heteroatoms. The van der Waals surface area contributed by atoms with E-state index in [0.29, 0.717) is 12.3 Å². The number of hydrogen-bond acceptors (Lipinski definition) is 5. The summed E-state index contributed by atoms with van der Waals surface area (Å²) in [7, 11) is 0. The Balaban J connectivity index is 1.57. The number of nitrogens with zero attached hydrogens (tertiary/aromatic N) is 2. The van der Waals surface area contributed by atoms with Gasteiger partial charge in [-0.2, -0.15) is 0 Å². The molecule has 2 bridgehead atoms.